The average molecular weight is 361 g/mol. The average Bonchev–Trinajstić information content (AvgIpc) is 2.97. The Morgan fingerprint density at radius 1 is 1.10 bits per heavy atom. The number of anilines is 1. The first-order chi connectivity index (χ1) is 10.2. The highest BCUT2D eigenvalue weighted by molar-refractivity contribution is 9.10. The number of rotatable bonds is 1. The highest BCUT2D eigenvalue weighted by Gasteiger charge is 2.38. The van der Waals surface area contributed by atoms with Crippen LogP contribution in [0.5, 0.6) is 0 Å². The Morgan fingerprint density at radius 3 is 2.81 bits per heavy atom. The molecule has 0 unspecified atom stereocenters. The molecule has 1 aliphatic heterocycles. The first-order valence-corrected chi connectivity index (χ1v) is 8.38. The maximum Gasteiger partial charge on any atom is 0.0565 e. The zero-order valence-corrected chi connectivity index (χ0v) is 13.7. The molecule has 2 aliphatic rings. The number of fused-ring (bicyclic) bond motifs is 3. The van der Waals surface area contributed by atoms with Gasteiger partial charge < -0.3 is 5.32 Å². The molecule has 0 amide bonds. The molecule has 1 N–H and O–H groups in total. The Morgan fingerprint density at radius 2 is 1.95 bits per heavy atom. The molecular weight excluding hydrogens is 346 g/mol. The summed E-state index contributed by atoms with van der Waals surface area (Å²) in [4.78, 5) is 0. The van der Waals surface area contributed by atoms with Crippen LogP contribution in [0.15, 0.2) is 59.1 Å². The van der Waals surface area contributed by atoms with Crippen LogP contribution in [-0.2, 0) is 0 Å². The van der Waals surface area contributed by atoms with E-state index in [1.54, 1.807) is 0 Å². The third-order valence-electron chi connectivity index (χ3n) is 4.57. The van der Waals surface area contributed by atoms with Gasteiger partial charge in [0.05, 0.1) is 6.04 Å². The SMILES string of the molecule is Clc1ccc2c(c1)[C@H]1C=CC[C@@H]1[C@@H](c1ccccc1Br)N2. The minimum absolute atomic E-state index is 0.328. The van der Waals surface area contributed by atoms with E-state index in [0.717, 1.165) is 11.4 Å². The maximum absolute atomic E-state index is 6.19. The van der Waals surface area contributed by atoms with E-state index >= 15 is 0 Å². The van der Waals surface area contributed by atoms with E-state index in [4.69, 9.17) is 11.6 Å². The fourth-order valence-electron chi connectivity index (χ4n) is 3.60. The topological polar surface area (TPSA) is 12.0 Å². The van der Waals surface area contributed by atoms with Gasteiger partial charge in [0.2, 0.25) is 0 Å². The molecule has 0 bridgehead atoms. The number of allylic oxidation sites excluding steroid dienone is 2. The Labute approximate surface area is 138 Å². The lowest BCUT2D eigenvalue weighted by molar-refractivity contribution is 0.424. The molecule has 1 heterocycles. The van der Waals surface area contributed by atoms with Crippen molar-refractivity contribution in [3.63, 3.8) is 0 Å². The van der Waals surface area contributed by atoms with Crippen LogP contribution in [0.25, 0.3) is 0 Å². The Hall–Kier alpha value is -1.25. The molecular formula is C18H15BrClN. The molecule has 0 saturated heterocycles. The van der Waals surface area contributed by atoms with Crippen LogP contribution < -0.4 is 5.32 Å². The summed E-state index contributed by atoms with van der Waals surface area (Å²) in [5.74, 6) is 1.01. The summed E-state index contributed by atoms with van der Waals surface area (Å²) in [5, 5.41) is 4.54. The van der Waals surface area contributed by atoms with Crippen LogP contribution >= 0.6 is 27.5 Å². The van der Waals surface area contributed by atoms with Crippen LogP contribution in [-0.4, -0.2) is 0 Å². The Bertz CT molecular complexity index is 725. The molecule has 0 aromatic heterocycles. The van der Waals surface area contributed by atoms with E-state index in [2.05, 4.69) is 69.8 Å². The second-order valence-electron chi connectivity index (χ2n) is 5.73. The van der Waals surface area contributed by atoms with Gasteiger partial charge in [-0.3, -0.25) is 0 Å². The lowest BCUT2D eigenvalue weighted by atomic mass is 9.77. The minimum Gasteiger partial charge on any atom is -0.378 e. The molecule has 3 atom stereocenters. The van der Waals surface area contributed by atoms with Crippen molar-refractivity contribution in [2.24, 2.45) is 5.92 Å². The first kappa shape index (κ1) is 13.4. The molecule has 0 radical (unpaired) electrons. The van der Waals surface area contributed by atoms with E-state index in [1.165, 1.54) is 21.3 Å². The summed E-state index contributed by atoms with van der Waals surface area (Å²) in [6.45, 7) is 0. The van der Waals surface area contributed by atoms with Gasteiger partial charge in [0.1, 0.15) is 0 Å². The normalized spacial score (nSPS) is 26.1. The quantitative estimate of drug-likeness (QED) is 0.622. The Kier molecular flexibility index (Phi) is 3.31. The molecule has 2 aromatic rings. The van der Waals surface area contributed by atoms with Crippen molar-refractivity contribution in [3.8, 4) is 0 Å². The molecule has 1 aliphatic carbocycles. The van der Waals surface area contributed by atoms with Gasteiger partial charge in [-0.2, -0.15) is 0 Å². The number of nitrogens with one attached hydrogen (secondary N) is 1. The number of halogens is 2. The van der Waals surface area contributed by atoms with Crippen molar-refractivity contribution in [2.75, 3.05) is 5.32 Å². The standard InChI is InChI=1S/C18H15BrClN/c19-16-7-2-1-4-14(16)18-13-6-3-5-12(13)15-10-11(20)8-9-17(15)21-18/h1-5,7-10,12-13,18,21H,6H2/t12-,13-,18-/m0/s1. The first-order valence-electron chi connectivity index (χ1n) is 7.21. The largest absolute Gasteiger partial charge is 0.378 e. The summed E-state index contributed by atoms with van der Waals surface area (Å²) in [5.41, 5.74) is 3.86. The lowest BCUT2D eigenvalue weighted by Crippen LogP contribution is -2.29. The fraction of sp³-hybridized carbons (Fsp3) is 0.222. The van der Waals surface area contributed by atoms with E-state index < -0.39 is 0 Å². The number of hydrogen-bond acceptors (Lipinski definition) is 1. The molecule has 0 fully saturated rings. The van der Waals surface area contributed by atoms with Gasteiger partial charge in [-0.15, -0.1) is 0 Å². The van der Waals surface area contributed by atoms with E-state index in [-0.39, 0.29) is 0 Å². The smallest absolute Gasteiger partial charge is 0.0565 e. The molecule has 2 aromatic carbocycles. The number of benzene rings is 2. The number of hydrogen-bond donors (Lipinski definition) is 1. The van der Waals surface area contributed by atoms with Gasteiger partial charge in [0.25, 0.3) is 0 Å². The highest BCUT2D eigenvalue weighted by atomic mass is 79.9. The monoisotopic (exact) mass is 359 g/mol. The van der Waals surface area contributed by atoms with E-state index in [0.29, 0.717) is 17.9 Å². The van der Waals surface area contributed by atoms with Crippen LogP contribution in [0, 0.1) is 5.92 Å². The fourth-order valence-corrected chi connectivity index (χ4v) is 4.31. The molecule has 0 spiro atoms. The second kappa shape index (κ2) is 5.19. The van der Waals surface area contributed by atoms with Gasteiger partial charge in [-0.25, -0.2) is 0 Å². The van der Waals surface area contributed by atoms with Crippen molar-refractivity contribution in [2.45, 2.75) is 18.4 Å². The van der Waals surface area contributed by atoms with Crippen molar-refractivity contribution >= 4 is 33.2 Å². The third kappa shape index (κ3) is 2.21. The van der Waals surface area contributed by atoms with Crippen LogP contribution in [0.2, 0.25) is 5.02 Å². The van der Waals surface area contributed by atoms with Gasteiger partial charge in [-0.05, 0) is 47.7 Å². The molecule has 0 saturated carbocycles. The summed E-state index contributed by atoms with van der Waals surface area (Å²) in [6.07, 6.45) is 5.75. The zero-order valence-electron chi connectivity index (χ0n) is 11.4. The highest BCUT2D eigenvalue weighted by Crippen LogP contribution is 2.51. The molecule has 4 rings (SSSR count). The molecule has 1 nitrogen and oxygen atoms in total. The van der Waals surface area contributed by atoms with E-state index in [1.807, 2.05) is 6.07 Å². The van der Waals surface area contributed by atoms with Gasteiger partial charge in [-0.1, -0.05) is 57.9 Å². The van der Waals surface area contributed by atoms with Crippen molar-refractivity contribution in [1.82, 2.24) is 0 Å². The Balaban J connectivity index is 1.82. The summed E-state index contributed by atoms with van der Waals surface area (Å²) >= 11 is 9.89. The minimum atomic E-state index is 0.328. The predicted molar refractivity (Wildman–Crippen MR) is 91.9 cm³/mol. The predicted octanol–water partition coefficient (Wildman–Crippen LogP) is 5.93. The van der Waals surface area contributed by atoms with Gasteiger partial charge >= 0.3 is 0 Å². The summed E-state index contributed by atoms with van der Waals surface area (Å²) in [6, 6.07) is 15.0. The van der Waals surface area contributed by atoms with Crippen LogP contribution in [0.3, 0.4) is 0 Å². The van der Waals surface area contributed by atoms with Gasteiger partial charge in [0.15, 0.2) is 0 Å². The van der Waals surface area contributed by atoms with Crippen molar-refractivity contribution < 1.29 is 0 Å². The van der Waals surface area contributed by atoms with Crippen LogP contribution in [0.4, 0.5) is 5.69 Å². The molecule has 3 heteroatoms. The maximum atomic E-state index is 6.19. The zero-order chi connectivity index (χ0) is 14.4. The molecule has 21 heavy (non-hydrogen) atoms. The van der Waals surface area contributed by atoms with Crippen molar-refractivity contribution in [3.05, 3.63) is 75.2 Å². The second-order valence-corrected chi connectivity index (χ2v) is 7.02. The summed E-state index contributed by atoms with van der Waals surface area (Å²) in [7, 11) is 0. The lowest BCUT2D eigenvalue weighted by Gasteiger charge is -2.38. The molecule has 106 valence electrons. The van der Waals surface area contributed by atoms with Gasteiger partial charge in [0, 0.05) is 21.1 Å². The van der Waals surface area contributed by atoms with Crippen molar-refractivity contribution in [1.29, 1.82) is 0 Å². The third-order valence-corrected chi connectivity index (χ3v) is 5.52. The van der Waals surface area contributed by atoms with E-state index in [9.17, 15) is 0 Å². The van der Waals surface area contributed by atoms with Crippen LogP contribution in [0.1, 0.15) is 29.5 Å². The summed E-state index contributed by atoms with van der Waals surface area (Å²) < 4.78 is 1.17.